The fourth-order valence-corrected chi connectivity index (χ4v) is 1.46. The number of nitrogens with zero attached hydrogens (tertiary/aromatic N) is 1. The Morgan fingerprint density at radius 1 is 1.28 bits per heavy atom. The number of likely N-dealkylation sites (N-methyl/N-ethyl adjacent to an activating group) is 1. The molecule has 0 radical (unpaired) electrons. The highest BCUT2D eigenvalue weighted by molar-refractivity contribution is 6.55. The van der Waals surface area contributed by atoms with Crippen molar-refractivity contribution in [2.75, 3.05) is 20.1 Å². The number of ketones is 1. The van der Waals surface area contributed by atoms with Gasteiger partial charge in [0.25, 0.3) is 0 Å². The Hall–Kier alpha value is -1.41. The molecule has 1 aliphatic heterocycles. The number of carbonyl (C=O) groups excluding carboxylic acids is 3. The Morgan fingerprint density at radius 3 is 2.11 bits per heavy atom. The molecular weight excluding hydrogens is 241 g/mol. The third kappa shape index (κ3) is 3.81. The van der Waals surface area contributed by atoms with Gasteiger partial charge in [0.2, 0.25) is 0 Å². The number of aliphatic hydroxyl groups excluding tert-OH is 1. The molecule has 1 atom stereocenters. The molecule has 1 aliphatic rings. The van der Waals surface area contributed by atoms with Crippen molar-refractivity contribution >= 4 is 24.8 Å². The predicted octanol–water partition coefficient (Wildman–Crippen LogP) is -1.37. The van der Waals surface area contributed by atoms with Crippen LogP contribution in [-0.4, -0.2) is 61.0 Å². The van der Waals surface area contributed by atoms with Gasteiger partial charge < -0.3 is 14.4 Å². The predicted molar refractivity (Wildman–Crippen MR) is 61.3 cm³/mol. The van der Waals surface area contributed by atoms with E-state index < -0.39 is 36.8 Å². The van der Waals surface area contributed by atoms with Crippen molar-refractivity contribution in [1.82, 2.24) is 4.90 Å². The molecule has 1 unspecified atom stereocenters. The highest BCUT2D eigenvalue weighted by atomic mass is 16.6. The maximum absolute atomic E-state index is 11.6. The minimum atomic E-state index is -1.65. The fourth-order valence-electron chi connectivity index (χ4n) is 1.46. The molecule has 0 bridgehead atoms. The number of aliphatic hydroxyl groups is 1. The maximum atomic E-state index is 11.6. The van der Waals surface area contributed by atoms with Gasteiger partial charge in [0.15, 0.2) is 11.8 Å². The summed E-state index contributed by atoms with van der Waals surface area (Å²) < 4.78 is 9.54. The van der Waals surface area contributed by atoms with Crippen molar-refractivity contribution in [3.8, 4) is 0 Å². The Bertz CT molecular complexity index is 338. The van der Waals surface area contributed by atoms with Gasteiger partial charge >= 0.3 is 19.1 Å². The molecule has 7 nitrogen and oxygen atoms in total. The van der Waals surface area contributed by atoms with E-state index in [4.69, 9.17) is 9.31 Å². The lowest BCUT2D eigenvalue weighted by Crippen LogP contribution is -2.51. The van der Waals surface area contributed by atoms with E-state index in [1.165, 1.54) is 4.90 Å². The smallest absolute Gasteiger partial charge is 0.496 e. The number of rotatable bonds is 3. The molecule has 0 saturated carbocycles. The first-order chi connectivity index (χ1) is 8.31. The van der Waals surface area contributed by atoms with Crippen LogP contribution >= 0.6 is 0 Å². The number of hydrogen-bond donors (Lipinski definition) is 1. The van der Waals surface area contributed by atoms with E-state index in [9.17, 15) is 19.5 Å². The van der Waals surface area contributed by atoms with Crippen LogP contribution in [0.4, 0.5) is 0 Å². The normalized spacial score (nSPS) is 19.9. The maximum Gasteiger partial charge on any atom is 0.637 e. The zero-order valence-electron chi connectivity index (χ0n) is 10.6. The summed E-state index contributed by atoms with van der Waals surface area (Å²) in [4.78, 5) is 35.8. The zero-order chi connectivity index (χ0) is 13.9. The highest BCUT2D eigenvalue weighted by Crippen LogP contribution is 2.08. The number of hydrogen-bond acceptors (Lipinski definition) is 7. The average molecular weight is 257 g/mol. The van der Waals surface area contributed by atoms with Crippen LogP contribution in [0.2, 0.25) is 0 Å². The van der Waals surface area contributed by atoms with Gasteiger partial charge in [0.05, 0.1) is 13.1 Å². The van der Waals surface area contributed by atoms with Gasteiger partial charge in [-0.1, -0.05) is 13.8 Å². The van der Waals surface area contributed by atoms with Crippen LogP contribution in [0.3, 0.4) is 0 Å². The topological polar surface area (TPSA) is 93.1 Å². The Morgan fingerprint density at radius 2 is 1.72 bits per heavy atom. The highest BCUT2D eigenvalue weighted by Gasteiger charge is 2.43. The Balaban J connectivity index is 2.77. The molecule has 8 heteroatoms. The lowest BCUT2D eigenvalue weighted by Gasteiger charge is -2.24. The Labute approximate surface area is 105 Å². The molecule has 0 aliphatic carbocycles. The molecule has 0 aromatic carbocycles. The first kappa shape index (κ1) is 14.7. The second-order valence-electron chi connectivity index (χ2n) is 4.52. The van der Waals surface area contributed by atoms with E-state index in [1.807, 2.05) is 0 Å². The minimum absolute atomic E-state index is 0.103. The third-order valence-corrected chi connectivity index (χ3v) is 2.41. The van der Waals surface area contributed by atoms with Crippen molar-refractivity contribution < 1.29 is 28.8 Å². The quantitative estimate of drug-likeness (QED) is 0.623. The standard InChI is InChI=1S/C10H16BNO6/c1-6(2)9(15)10(16)11-17-7(13)4-12(3)5-8(14)18-11/h6,10,16H,4-5H2,1-3H3. The second-order valence-corrected chi connectivity index (χ2v) is 4.52. The van der Waals surface area contributed by atoms with Gasteiger partial charge in [0, 0.05) is 5.92 Å². The van der Waals surface area contributed by atoms with Gasteiger partial charge in [-0.25, -0.2) is 0 Å². The number of carbonyl (C=O) groups is 3. The molecule has 1 fully saturated rings. The Kier molecular flexibility index (Phi) is 4.86. The first-order valence-electron chi connectivity index (χ1n) is 5.60. The summed E-state index contributed by atoms with van der Waals surface area (Å²) in [6, 6.07) is -1.65. The van der Waals surface area contributed by atoms with Gasteiger partial charge in [-0.3, -0.25) is 19.3 Å². The minimum Gasteiger partial charge on any atom is -0.496 e. The van der Waals surface area contributed by atoms with Crippen LogP contribution in [0.15, 0.2) is 0 Å². The summed E-state index contributed by atoms with van der Waals surface area (Å²) >= 11 is 0. The number of Topliss-reactive ketones (excluding diaryl/α,β-unsaturated/α-hetero) is 1. The summed E-state index contributed by atoms with van der Waals surface area (Å²) in [6.07, 6.45) is 0. The van der Waals surface area contributed by atoms with Crippen molar-refractivity contribution in [2.24, 2.45) is 5.92 Å². The monoisotopic (exact) mass is 257 g/mol. The molecule has 100 valence electrons. The lowest BCUT2D eigenvalue weighted by molar-refractivity contribution is -0.147. The van der Waals surface area contributed by atoms with Crippen LogP contribution in [0.5, 0.6) is 0 Å². The fraction of sp³-hybridized carbons (Fsp3) is 0.700. The van der Waals surface area contributed by atoms with Crippen molar-refractivity contribution in [1.29, 1.82) is 0 Å². The van der Waals surface area contributed by atoms with Gasteiger partial charge in [-0.05, 0) is 7.05 Å². The summed E-state index contributed by atoms with van der Waals surface area (Å²) in [5.41, 5.74) is 0. The summed E-state index contributed by atoms with van der Waals surface area (Å²) in [5.74, 6) is -2.32. The molecule has 1 heterocycles. The van der Waals surface area contributed by atoms with Crippen molar-refractivity contribution in [3.05, 3.63) is 0 Å². The van der Waals surface area contributed by atoms with E-state index in [0.717, 1.165) is 0 Å². The molecule has 0 aromatic heterocycles. The largest absolute Gasteiger partial charge is 0.637 e. The molecule has 1 N–H and O–H groups in total. The van der Waals surface area contributed by atoms with Gasteiger partial charge in [-0.2, -0.15) is 0 Å². The van der Waals surface area contributed by atoms with Crippen LogP contribution in [0.25, 0.3) is 0 Å². The molecule has 0 amide bonds. The molecule has 18 heavy (non-hydrogen) atoms. The summed E-state index contributed by atoms with van der Waals surface area (Å²) in [5, 5.41) is 9.71. The van der Waals surface area contributed by atoms with Gasteiger partial charge in [0.1, 0.15) is 0 Å². The van der Waals surface area contributed by atoms with Crippen LogP contribution in [0, 0.1) is 5.92 Å². The van der Waals surface area contributed by atoms with Crippen LogP contribution in [-0.2, 0) is 23.7 Å². The van der Waals surface area contributed by atoms with E-state index in [2.05, 4.69) is 0 Å². The SMILES string of the molecule is CC(C)C(=O)C(O)B1OC(=O)CN(C)CC(=O)O1. The van der Waals surface area contributed by atoms with Crippen molar-refractivity contribution in [3.63, 3.8) is 0 Å². The molecule has 1 saturated heterocycles. The van der Waals surface area contributed by atoms with Gasteiger partial charge in [-0.15, -0.1) is 0 Å². The summed E-state index contributed by atoms with van der Waals surface area (Å²) in [7, 11) is -0.00737. The molecular formula is C10H16BNO6. The molecule has 1 rings (SSSR count). The van der Waals surface area contributed by atoms with E-state index >= 15 is 0 Å². The van der Waals surface area contributed by atoms with Crippen LogP contribution < -0.4 is 0 Å². The molecule has 0 aromatic rings. The zero-order valence-corrected chi connectivity index (χ0v) is 10.6. The van der Waals surface area contributed by atoms with E-state index in [-0.39, 0.29) is 13.1 Å². The van der Waals surface area contributed by atoms with E-state index in [1.54, 1.807) is 20.9 Å². The lowest BCUT2D eigenvalue weighted by atomic mass is 9.75. The van der Waals surface area contributed by atoms with Crippen molar-refractivity contribution in [2.45, 2.75) is 19.9 Å². The first-order valence-corrected chi connectivity index (χ1v) is 5.60. The second kappa shape index (κ2) is 5.97. The molecule has 0 spiro atoms. The van der Waals surface area contributed by atoms with E-state index in [0.29, 0.717) is 0 Å². The summed E-state index contributed by atoms with van der Waals surface area (Å²) in [6.45, 7) is 2.97. The van der Waals surface area contributed by atoms with Crippen LogP contribution in [0.1, 0.15) is 13.8 Å². The average Bonchev–Trinajstić information content (AvgIpc) is 2.23. The third-order valence-electron chi connectivity index (χ3n) is 2.41.